The number of aromatic nitrogens is 5. The molecule has 8 heteroatoms. The topological polar surface area (TPSA) is 77.6 Å². The number of nitrogens with one attached hydrogen (secondary N) is 1. The van der Waals surface area contributed by atoms with Gasteiger partial charge in [-0.05, 0) is 36.1 Å². The Morgan fingerprint density at radius 1 is 1.19 bits per heavy atom. The Hall–Kier alpha value is -3.26. The van der Waals surface area contributed by atoms with Crippen LogP contribution in [-0.4, -0.2) is 30.5 Å². The number of anilines is 1. The van der Waals surface area contributed by atoms with Gasteiger partial charge < -0.3 is 5.32 Å². The summed E-state index contributed by atoms with van der Waals surface area (Å²) in [6.07, 6.45) is 3.60. The van der Waals surface area contributed by atoms with Crippen molar-refractivity contribution < 1.29 is 4.79 Å². The van der Waals surface area contributed by atoms with Gasteiger partial charge in [0.2, 0.25) is 5.91 Å². The molecule has 1 N–H and O–H groups in total. The number of carbonyl (C=O) groups excluding carboxylic acids is 1. The van der Waals surface area contributed by atoms with E-state index in [1.807, 2.05) is 54.9 Å². The first-order valence-electron chi connectivity index (χ1n) is 8.43. The van der Waals surface area contributed by atoms with Gasteiger partial charge in [0.1, 0.15) is 23.8 Å². The van der Waals surface area contributed by atoms with Gasteiger partial charge in [-0.3, -0.25) is 19.1 Å². The maximum absolute atomic E-state index is 12.5. The second-order valence-corrected chi connectivity index (χ2v) is 7.08. The minimum absolute atomic E-state index is 0.135. The summed E-state index contributed by atoms with van der Waals surface area (Å²) in [5, 5.41) is 13.9. The van der Waals surface area contributed by atoms with Gasteiger partial charge in [-0.15, -0.1) is 11.3 Å². The lowest BCUT2D eigenvalue weighted by Gasteiger charge is -2.05. The van der Waals surface area contributed by atoms with Crippen LogP contribution < -0.4 is 5.32 Å². The predicted molar refractivity (Wildman–Crippen MR) is 105 cm³/mol. The van der Waals surface area contributed by atoms with Gasteiger partial charge >= 0.3 is 0 Å². The van der Waals surface area contributed by atoms with Gasteiger partial charge in [-0.1, -0.05) is 12.1 Å². The van der Waals surface area contributed by atoms with Gasteiger partial charge in [0.05, 0.1) is 10.6 Å². The molecule has 4 rings (SSSR count). The Balaban J connectivity index is 1.47. The van der Waals surface area contributed by atoms with Crippen LogP contribution in [0.15, 0.2) is 54.2 Å². The molecule has 0 spiro atoms. The maximum atomic E-state index is 12.5. The van der Waals surface area contributed by atoms with E-state index in [9.17, 15) is 4.79 Å². The van der Waals surface area contributed by atoms with E-state index in [0.29, 0.717) is 11.5 Å². The first-order valence-corrected chi connectivity index (χ1v) is 9.31. The van der Waals surface area contributed by atoms with Crippen molar-refractivity contribution in [1.29, 1.82) is 0 Å². The fourth-order valence-corrected chi connectivity index (χ4v) is 3.59. The molecule has 0 aliphatic rings. The van der Waals surface area contributed by atoms with E-state index in [4.69, 9.17) is 0 Å². The highest BCUT2D eigenvalue weighted by atomic mass is 32.1. The third kappa shape index (κ3) is 3.65. The third-order valence-corrected chi connectivity index (χ3v) is 4.96. The molecule has 0 radical (unpaired) electrons. The van der Waals surface area contributed by atoms with Crippen molar-refractivity contribution in [2.75, 3.05) is 5.32 Å². The molecular weight excluding hydrogens is 360 g/mol. The van der Waals surface area contributed by atoms with Crippen LogP contribution >= 0.6 is 11.3 Å². The number of pyridine rings is 1. The molecule has 136 valence electrons. The zero-order valence-electron chi connectivity index (χ0n) is 15.0. The number of thiophene rings is 1. The molecule has 0 saturated carbocycles. The van der Waals surface area contributed by atoms with Crippen molar-refractivity contribution in [1.82, 2.24) is 24.5 Å². The quantitative estimate of drug-likeness (QED) is 0.578. The lowest BCUT2D eigenvalue weighted by molar-refractivity contribution is -0.116. The van der Waals surface area contributed by atoms with E-state index in [1.54, 1.807) is 33.9 Å². The molecule has 0 aromatic carbocycles. The average molecular weight is 378 g/mol. The van der Waals surface area contributed by atoms with E-state index in [1.165, 1.54) is 0 Å². The van der Waals surface area contributed by atoms with Crippen molar-refractivity contribution in [2.45, 2.75) is 13.5 Å². The Labute approximate surface area is 160 Å². The first kappa shape index (κ1) is 17.2. The van der Waals surface area contributed by atoms with E-state index >= 15 is 0 Å². The lowest BCUT2D eigenvalue weighted by atomic mass is 10.2. The van der Waals surface area contributed by atoms with Crippen molar-refractivity contribution in [3.8, 4) is 22.0 Å². The molecule has 4 aromatic rings. The molecular formula is C19H18N6OS. The molecule has 0 aliphatic heterocycles. The van der Waals surface area contributed by atoms with Crippen LogP contribution in [0.25, 0.3) is 22.0 Å². The molecule has 1 amide bonds. The van der Waals surface area contributed by atoms with E-state index in [-0.39, 0.29) is 12.5 Å². The Morgan fingerprint density at radius 2 is 2.07 bits per heavy atom. The monoisotopic (exact) mass is 378 g/mol. The zero-order chi connectivity index (χ0) is 18.8. The van der Waals surface area contributed by atoms with Crippen LogP contribution in [0.2, 0.25) is 0 Å². The van der Waals surface area contributed by atoms with Crippen molar-refractivity contribution >= 4 is 23.1 Å². The predicted octanol–water partition coefficient (Wildman–Crippen LogP) is 3.35. The van der Waals surface area contributed by atoms with Crippen LogP contribution in [0.1, 0.15) is 5.56 Å². The molecule has 7 nitrogen and oxygen atoms in total. The van der Waals surface area contributed by atoms with Gasteiger partial charge in [-0.2, -0.15) is 10.2 Å². The van der Waals surface area contributed by atoms with Crippen LogP contribution in [0, 0.1) is 6.92 Å². The molecule has 0 fully saturated rings. The molecule has 27 heavy (non-hydrogen) atoms. The number of carbonyl (C=O) groups is 1. The summed E-state index contributed by atoms with van der Waals surface area (Å²) < 4.78 is 3.29. The standard InChI is InChI=1S/C19H18N6OS/c1-13-11-25(23-19(13)16-7-5-9-27-16)12-18(26)21-17-10-15(22-24(17)2)14-6-3-4-8-20-14/h3-11H,12H2,1-2H3,(H,21,26). The number of rotatable bonds is 5. The summed E-state index contributed by atoms with van der Waals surface area (Å²) >= 11 is 1.63. The normalized spacial score (nSPS) is 10.9. The summed E-state index contributed by atoms with van der Waals surface area (Å²) in [6, 6.07) is 11.5. The van der Waals surface area contributed by atoms with E-state index < -0.39 is 0 Å². The van der Waals surface area contributed by atoms with Crippen LogP contribution in [-0.2, 0) is 18.4 Å². The smallest absolute Gasteiger partial charge is 0.247 e. The van der Waals surface area contributed by atoms with Crippen LogP contribution in [0.5, 0.6) is 0 Å². The highest BCUT2D eigenvalue weighted by molar-refractivity contribution is 7.13. The molecule has 0 unspecified atom stereocenters. The number of amides is 1. The van der Waals surface area contributed by atoms with Gasteiger partial charge in [0.15, 0.2) is 0 Å². The number of hydrogen-bond acceptors (Lipinski definition) is 5. The average Bonchev–Trinajstić information content (AvgIpc) is 3.37. The van der Waals surface area contributed by atoms with E-state index in [2.05, 4.69) is 20.5 Å². The second-order valence-electron chi connectivity index (χ2n) is 6.14. The maximum Gasteiger partial charge on any atom is 0.247 e. The molecule has 0 bridgehead atoms. The zero-order valence-corrected chi connectivity index (χ0v) is 15.8. The minimum atomic E-state index is -0.161. The Bertz CT molecular complexity index is 1070. The molecule has 4 aromatic heterocycles. The van der Waals surface area contributed by atoms with Crippen molar-refractivity contribution in [3.63, 3.8) is 0 Å². The molecule has 0 saturated heterocycles. The largest absolute Gasteiger partial charge is 0.309 e. The minimum Gasteiger partial charge on any atom is -0.309 e. The highest BCUT2D eigenvalue weighted by Gasteiger charge is 2.14. The SMILES string of the molecule is Cc1cn(CC(=O)Nc2cc(-c3ccccn3)nn2C)nc1-c1cccs1. The number of nitrogens with zero attached hydrogens (tertiary/aromatic N) is 5. The Morgan fingerprint density at radius 3 is 2.81 bits per heavy atom. The van der Waals surface area contributed by atoms with Crippen LogP contribution in [0.3, 0.4) is 0 Å². The van der Waals surface area contributed by atoms with Gasteiger partial charge in [-0.25, -0.2) is 0 Å². The number of aryl methyl sites for hydroxylation is 2. The third-order valence-electron chi connectivity index (χ3n) is 4.08. The molecule has 0 aliphatic carbocycles. The molecule has 4 heterocycles. The Kier molecular flexibility index (Phi) is 4.55. The summed E-state index contributed by atoms with van der Waals surface area (Å²) in [6.45, 7) is 2.13. The summed E-state index contributed by atoms with van der Waals surface area (Å²) in [7, 11) is 1.79. The van der Waals surface area contributed by atoms with E-state index in [0.717, 1.165) is 21.8 Å². The number of hydrogen-bond donors (Lipinski definition) is 1. The molecule has 0 atom stereocenters. The second kappa shape index (κ2) is 7.16. The fraction of sp³-hybridized carbons (Fsp3) is 0.158. The first-order chi connectivity index (χ1) is 13.1. The van der Waals surface area contributed by atoms with Crippen LogP contribution in [0.4, 0.5) is 5.82 Å². The summed E-state index contributed by atoms with van der Waals surface area (Å²) in [5.41, 5.74) is 3.43. The summed E-state index contributed by atoms with van der Waals surface area (Å²) in [5.74, 6) is 0.453. The van der Waals surface area contributed by atoms with Crippen molar-refractivity contribution in [2.24, 2.45) is 7.05 Å². The van der Waals surface area contributed by atoms with Gasteiger partial charge in [0, 0.05) is 25.5 Å². The van der Waals surface area contributed by atoms with Crippen molar-refractivity contribution in [3.05, 3.63) is 59.7 Å². The lowest BCUT2D eigenvalue weighted by Crippen LogP contribution is -2.20. The fourth-order valence-electron chi connectivity index (χ4n) is 2.81. The van der Waals surface area contributed by atoms with Gasteiger partial charge in [0.25, 0.3) is 0 Å². The summed E-state index contributed by atoms with van der Waals surface area (Å²) in [4.78, 5) is 17.8. The highest BCUT2D eigenvalue weighted by Crippen LogP contribution is 2.26.